The molecular weight excluding hydrogens is 414 g/mol. The van der Waals surface area contributed by atoms with E-state index in [0.717, 1.165) is 33.6 Å². The normalized spacial score (nSPS) is 11.0. The van der Waals surface area contributed by atoms with Gasteiger partial charge < -0.3 is 4.74 Å². The highest BCUT2D eigenvalue weighted by Crippen LogP contribution is 2.18. The number of halogens is 2. The average molecular weight is 428 g/mol. The number of rotatable bonds is 5. The van der Waals surface area contributed by atoms with Crippen molar-refractivity contribution in [2.75, 3.05) is 0 Å². The van der Waals surface area contributed by atoms with E-state index in [2.05, 4.69) is 0 Å². The number of thiophene rings is 1. The standard InChI is InChI=1S/C21H14F2N2O4S/c22-14-6-7-16(15(23)10-14)25-20(27)19-17(8-9-30-19)24(21(25)28)11-18(26)29-12-13-4-2-1-3-5-13/h1-10H,11-12H2. The molecule has 6 nitrogen and oxygen atoms in total. The SMILES string of the molecule is O=C(Cn1c(=O)n(-c2ccc(F)cc2F)c(=O)c2sccc21)OCc1ccccc1. The lowest BCUT2D eigenvalue weighted by Crippen LogP contribution is -2.40. The first-order valence-corrected chi connectivity index (χ1v) is 9.71. The van der Waals surface area contributed by atoms with Crippen molar-refractivity contribution in [2.24, 2.45) is 0 Å². The van der Waals surface area contributed by atoms with Crippen LogP contribution in [0.15, 0.2) is 69.6 Å². The first-order chi connectivity index (χ1) is 14.5. The number of fused-ring (bicyclic) bond motifs is 1. The van der Waals surface area contributed by atoms with Crippen molar-refractivity contribution in [3.8, 4) is 5.69 Å². The number of benzene rings is 2. The summed E-state index contributed by atoms with van der Waals surface area (Å²) >= 11 is 1.05. The van der Waals surface area contributed by atoms with Crippen molar-refractivity contribution in [1.82, 2.24) is 9.13 Å². The topological polar surface area (TPSA) is 70.3 Å². The summed E-state index contributed by atoms with van der Waals surface area (Å²) in [6.07, 6.45) is 0. The predicted molar refractivity (Wildman–Crippen MR) is 108 cm³/mol. The average Bonchev–Trinajstić information content (AvgIpc) is 3.22. The molecule has 0 bridgehead atoms. The highest BCUT2D eigenvalue weighted by atomic mass is 32.1. The van der Waals surface area contributed by atoms with E-state index in [9.17, 15) is 23.2 Å². The molecule has 0 aliphatic carbocycles. The fraction of sp³-hybridized carbons (Fsp3) is 0.0952. The Kier molecular flexibility index (Phi) is 5.28. The van der Waals surface area contributed by atoms with Crippen LogP contribution in [0.25, 0.3) is 15.9 Å². The van der Waals surface area contributed by atoms with Gasteiger partial charge in [0.1, 0.15) is 29.5 Å². The molecule has 0 amide bonds. The largest absolute Gasteiger partial charge is 0.459 e. The number of carbonyl (C=O) groups excluding carboxylic acids is 1. The second-order valence-electron chi connectivity index (χ2n) is 6.39. The Balaban J connectivity index is 1.75. The molecule has 0 spiro atoms. The first-order valence-electron chi connectivity index (χ1n) is 8.84. The highest BCUT2D eigenvalue weighted by Gasteiger charge is 2.20. The predicted octanol–water partition coefficient (Wildman–Crippen LogP) is 3.24. The van der Waals surface area contributed by atoms with Gasteiger partial charge in [0.05, 0.1) is 11.2 Å². The van der Waals surface area contributed by atoms with Crippen LogP contribution >= 0.6 is 11.3 Å². The number of ether oxygens (including phenoxy) is 1. The summed E-state index contributed by atoms with van der Waals surface area (Å²) in [5.74, 6) is -2.60. The number of nitrogens with zero attached hydrogens (tertiary/aromatic N) is 2. The molecule has 0 aliphatic heterocycles. The maximum atomic E-state index is 14.3. The second-order valence-corrected chi connectivity index (χ2v) is 7.30. The lowest BCUT2D eigenvalue weighted by Gasteiger charge is -2.12. The summed E-state index contributed by atoms with van der Waals surface area (Å²) in [6, 6.07) is 13.1. The third-order valence-corrected chi connectivity index (χ3v) is 5.33. The molecule has 4 aromatic rings. The fourth-order valence-electron chi connectivity index (χ4n) is 3.03. The Labute approximate surface area is 172 Å². The van der Waals surface area contributed by atoms with Crippen molar-refractivity contribution in [3.63, 3.8) is 0 Å². The van der Waals surface area contributed by atoms with Gasteiger partial charge in [-0.15, -0.1) is 11.3 Å². The Morgan fingerprint density at radius 3 is 2.53 bits per heavy atom. The van der Waals surface area contributed by atoms with Gasteiger partial charge in [0, 0.05) is 6.07 Å². The third kappa shape index (κ3) is 3.67. The van der Waals surface area contributed by atoms with Crippen LogP contribution in [0.5, 0.6) is 0 Å². The Morgan fingerprint density at radius 1 is 1.03 bits per heavy atom. The van der Waals surface area contributed by atoms with E-state index in [0.29, 0.717) is 10.6 Å². The van der Waals surface area contributed by atoms with Crippen LogP contribution in [0.4, 0.5) is 8.78 Å². The molecule has 2 heterocycles. The van der Waals surface area contributed by atoms with E-state index >= 15 is 0 Å². The van der Waals surface area contributed by atoms with Gasteiger partial charge in [0.15, 0.2) is 0 Å². The van der Waals surface area contributed by atoms with Gasteiger partial charge >= 0.3 is 11.7 Å². The van der Waals surface area contributed by atoms with Crippen LogP contribution in [0.2, 0.25) is 0 Å². The molecule has 0 aliphatic rings. The molecule has 0 unspecified atom stereocenters. The van der Waals surface area contributed by atoms with E-state index in [1.165, 1.54) is 6.07 Å². The summed E-state index contributed by atoms with van der Waals surface area (Å²) in [7, 11) is 0. The summed E-state index contributed by atoms with van der Waals surface area (Å²) in [4.78, 5) is 38.1. The number of carbonyl (C=O) groups is 1. The van der Waals surface area contributed by atoms with Crippen LogP contribution in [0, 0.1) is 11.6 Å². The highest BCUT2D eigenvalue weighted by molar-refractivity contribution is 7.17. The van der Waals surface area contributed by atoms with Crippen molar-refractivity contribution < 1.29 is 18.3 Å². The Morgan fingerprint density at radius 2 is 1.80 bits per heavy atom. The van der Waals surface area contributed by atoms with Gasteiger partial charge in [-0.05, 0) is 29.1 Å². The van der Waals surface area contributed by atoms with E-state index in [1.807, 2.05) is 6.07 Å². The van der Waals surface area contributed by atoms with Crippen LogP contribution in [0.1, 0.15) is 5.56 Å². The van der Waals surface area contributed by atoms with Gasteiger partial charge in [-0.2, -0.15) is 0 Å². The number of aromatic nitrogens is 2. The first kappa shape index (κ1) is 19.7. The Bertz CT molecular complexity index is 1360. The minimum atomic E-state index is -1.07. The van der Waals surface area contributed by atoms with E-state index in [1.54, 1.807) is 29.6 Å². The van der Waals surface area contributed by atoms with Crippen molar-refractivity contribution in [2.45, 2.75) is 13.2 Å². The maximum absolute atomic E-state index is 14.3. The van der Waals surface area contributed by atoms with E-state index in [-0.39, 0.29) is 16.8 Å². The van der Waals surface area contributed by atoms with Crippen molar-refractivity contribution >= 4 is 27.5 Å². The molecule has 0 saturated carbocycles. The van der Waals surface area contributed by atoms with Crippen molar-refractivity contribution in [1.29, 1.82) is 0 Å². The second kappa shape index (κ2) is 8.03. The lowest BCUT2D eigenvalue weighted by molar-refractivity contribution is -0.145. The molecule has 0 atom stereocenters. The number of hydrogen-bond acceptors (Lipinski definition) is 5. The molecule has 30 heavy (non-hydrogen) atoms. The molecule has 0 fully saturated rings. The van der Waals surface area contributed by atoms with Crippen LogP contribution in [0.3, 0.4) is 0 Å². The minimum absolute atomic E-state index is 0.0213. The van der Waals surface area contributed by atoms with Gasteiger partial charge in [0.25, 0.3) is 5.56 Å². The van der Waals surface area contributed by atoms with E-state index in [4.69, 9.17) is 4.74 Å². The van der Waals surface area contributed by atoms with Crippen molar-refractivity contribution in [3.05, 3.63) is 98.0 Å². The van der Waals surface area contributed by atoms with Gasteiger partial charge in [-0.25, -0.2) is 18.1 Å². The van der Waals surface area contributed by atoms with E-state index < -0.39 is 41.1 Å². The molecule has 152 valence electrons. The quantitative estimate of drug-likeness (QED) is 0.458. The Hall–Kier alpha value is -3.59. The summed E-state index contributed by atoms with van der Waals surface area (Å²) < 4.78 is 34.6. The fourth-order valence-corrected chi connectivity index (χ4v) is 3.85. The molecule has 0 radical (unpaired) electrons. The molecule has 9 heteroatoms. The van der Waals surface area contributed by atoms with Gasteiger partial charge in [-0.1, -0.05) is 30.3 Å². The number of esters is 1. The number of hydrogen-bond donors (Lipinski definition) is 0. The van der Waals surface area contributed by atoms with Crippen LogP contribution < -0.4 is 11.2 Å². The third-order valence-electron chi connectivity index (χ3n) is 4.44. The summed E-state index contributed by atoms with van der Waals surface area (Å²) in [5, 5.41) is 1.59. The smallest absolute Gasteiger partial charge is 0.336 e. The maximum Gasteiger partial charge on any atom is 0.336 e. The zero-order chi connectivity index (χ0) is 21.3. The van der Waals surface area contributed by atoms with Gasteiger partial charge in [-0.3, -0.25) is 14.2 Å². The monoisotopic (exact) mass is 428 g/mol. The molecule has 0 N–H and O–H groups in total. The molecule has 0 saturated heterocycles. The zero-order valence-electron chi connectivity index (χ0n) is 15.4. The summed E-state index contributed by atoms with van der Waals surface area (Å²) in [6.45, 7) is -0.449. The summed E-state index contributed by atoms with van der Waals surface area (Å²) in [5.41, 5.74) is -1.05. The van der Waals surface area contributed by atoms with Crippen LogP contribution in [-0.2, 0) is 22.7 Å². The molecular formula is C21H14F2N2O4S. The van der Waals surface area contributed by atoms with Crippen LogP contribution in [-0.4, -0.2) is 15.1 Å². The zero-order valence-corrected chi connectivity index (χ0v) is 16.2. The molecule has 2 aromatic heterocycles. The van der Waals surface area contributed by atoms with Gasteiger partial charge in [0.2, 0.25) is 0 Å². The molecule has 2 aromatic carbocycles. The lowest BCUT2D eigenvalue weighted by atomic mass is 10.2. The molecule has 4 rings (SSSR count). The minimum Gasteiger partial charge on any atom is -0.459 e.